The zero-order chi connectivity index (χ0) is 19.1. The lowest BCUT2D eigenvalue weighted by Crippen LogP contribution is -2.35. The maximum Gasteiger partial charge on any atom is 0.230 e. The molecule has 0 spiro atoms. The second kappa shape index (κ2) is 8.63. The predicted octanol–water partition coefficient (Wildman–Crippen LogP) is 5.78. The Labute approximate surface area is 161 Å². The Hall–Kier alpha value is -2.94. The van der Waals surface area contributed by atoms with Crippen LogP contribution in [0.25, 0.3) is 10.9 Å². The third-order valence-corrected chi connectivity index (χ3v) is 5.00. The average Bonchev–Trinajstić information content (AvgIpc) is 2.69. The lowest BCUT2D eigenvalue weighted by atomic mass is 9.78. The number of hydrogen-bond acceptors (Lipinski definition) is 2. The number of unbranched alkanes of at least 4 members (excludes halogenated alkanes) is 1. The number of amides is 1. The molecule has 3 nitrogen and oxygen atoms in total. The standard InChI is InChI=1S/C24H26N2O/c1-3-4-8-16-24(2,18-19-11-6-5-7-12-19)23(27)26-21-15-9-13-20-14-10-17-25-22(20)21/h3,5-7,9-15,17H,1,4,8,16,18H2,2H3,(H,26,27). The van der Waals surface area contributed by atoms with Gasteiger partial charge in [-0.2, -0.15) is 0 Å². The molecule has 2 aromatic carbocycles. The Morgan fingerprint density at radius 2 is 1.89 bits per heavy atom. The molecule has 3 aromatic rings. The first-order valence-corrected chi connectivity index (χ1v) is 9.42. The molecule has 1 amide bonds. The van der Waals surface area contributed by atoms with Crippen LogP contribution >= 0.6 is 0 Å². The number of carbonyl (C=O) groups is 1. The quantitative estimate of drug-likeness (QED) is 0.410. The van der Waals surface area contributed by atoms with Gasteiger partial charge in [-0.15, -0.1) is 6.58 Å². The largest absolute Gasteiger partial charge is 0.324 e. The van der Waals surface area contributed by atoms with Crippen LogP contribution in [-0.2, 0) is 11.2 Å². The van der Waals surface area contributed by atoms with Crippen molar-refractivity contribution < 1.29 is 4.79 Å². The number of pyridine rings is 1. The Morgan fingerprint density at radius 3 is 2.67 bits per heavy atom. The molecule has 0 saturated heterocycles. The first-order valence-electron chi connectivity index (χ1n) is 9.42. The van der Waals surface area contributed by atoms with Crippen LogP contribution in [0.2, 0.25) is 0 Å². The Bertz CT molecular complexity index is 915. The van der Waals surface area contributed by atoms with Crippen LogP contribution in [0.1, 0.15) is 31.7 Å². The maximum absolute atomic E-state index is 13.3. The topological polar surface area (TPSA) is 42.0 Å². The molecule has 0 aliphatic rings. The van der Waals surface area contributed by atoms with E-state index in [0.29, 0.717) is 6.42 Å². The third-order valence-electron chi connectivity index (χ3n) is 5.00. The number of hydrogen-bond donors (Lipinski definition) is 1. The van der Waals surface area contributed by atoms with E-state index in [9.17, 15) is 4.79 Å². The molecule has 0 fully saturated rings. The van der Waals surface area contributed by atoms with Crippen molar-refractivity contribution >= 4 is 22.5 Å². The van der Waals surface area contributed by atoms with E-state index in [1.807, 2.05) is 54.6 Å². The van der Waals surface area contributed by atoms with Gasteiger partial charge in [0.15, 0.2) is 0 Å². The molecule has 1 atom stereocenters. The second-order valence-electron chi connectivity index (χ2n) is 7.24. The van der Waals surface area contributed by atoms with Gasteiger partial charge in [0.25, 0.3) is 0 Å². The SMILES string of the molecule is C=CCCCC(C)(Cc1ccccc1)C(=O)Nc1cccc2cccnc12. The van der Waals surface area contributed by atoms with Gasteiger partial charge >= 0.3 is 0 Å². The van der Waals surface area contributed by atoms with E-state index in [1.54, 1.807) is 6.20 Å². The third kappa shape index (κ3) is 4.62. The molecular weight excluding hydrogens is 332 g/mol. The number of aromatic nitrogens is 1. The molecule has 138 valence electrons. The minimum atomic E-state index is -0.499. The fourth-order valence-corrected chi connectivity index (χ4v) is 3.44. The number of nitrogens with one attached hydrogen (secondary N) is 1. The fraction of sp³-hybridized carbons (Fsp3) is 0.250. The molecule has 3 rings (SSSR count). The summed E-state index contributed by atoms with van der Waals surface area (Å²) in [5.41, 5.74) is 2.26. The van der Waals surface area contributed by atoms with Gasteiger partial charge in [-0.3, -0.25) is 9.78 Å². The summed E-state index contributed by atoms with van der Waals surface area (Å²) < 4.78 is 0. The summed E-state index contributed by atoms with van der Waals surface area (Å²) in [6.07, 6.45) is 7.02. The zero-order valence-electron chi connectivity index (χ0n) is 15.8. The van der Waals surface area contributed by atoms with Gasteiger partial charge in [-0.05, 0) is 43.4 Å². The maximum atomic E-state index is 13.3. The van der Waals surface area contributed by atoms with E-state index in [-0.39, 0.29) is 5.91 Å². The predicted molar refractivity (Wildman–Crippen MR) is 113 cm³/mol. The number of allylic oxidation sites excluding steroid dienone is 1. The van der Waals surface area contributed by atoms with Crippen LogP contribution in [0, 0.1) is 5.41 Å². The fourth-order valence-electron chi connectivity index (χ4n) is 3.44. The lowest BCUT2D eigenvalue weighted by Gasteiger charge is -2.29. The number of benzene rings is 2. The summed E-state index contributed by atoms with van der Waals surface area (Å²) in [4.78, 5) is 17.8. The van der Waals surface area contributed by atoms with Gasteiger partial charge in [0, 0.05) is 11.6 Å². The summed E-state index contributed by atoms with van der Waals surface area (Å²) in [6, 6.07) is 20.0. The molecule has 0 aliphatic carbocycles. The molecule has 1 aromatic heterocycles. The van der Waals surface area contributed by atoms with Crippen molar-refractivity contribution in [3.8, 4) is 0 Å². The van der Waals surface area contributed by atoms with Crippen molar-refractivity contribution in [2.24, 2.45) is 5.41 Å². The molecule has 1 heterocycles. The van der Waals surface area contributed by atoms with Gasteiger partial charge in [0.2, 0.25) is 5.91 Å². The summed E-state index contributed by atoms with van der Waals surface area (Å²) in [5.74, 6) is 0.0357. The second-order valence-corrected chi connectivity index (χ2v) is 7.24. The van der Waals surface area contributed by atoms with E-state index < -0.39 is 5.41 Å². The highest BCUT2D eigenvalue weighted by molar-refractivity contribution is 6.02. The molecule has 0 bridgehead atoms. The molecule has 1 N–H and O–H groups in total. The minimum absolute atomic E-state index is 0.0357. The van der Waals surface area contributed by atoms with Crippen molar-refractivity contribution in [1.82, 2.24) is 4.98 Å². The van der Waals surface area contributed by atoms with Gasteiger partial charge in [-0.25, -0.2) is 0 Å². The van der Waals surface area contributed by atoms with E-state index in [4.69, 9.17) is 0 Å². The summed E-state index contributed by atoms with van der Waals surface area (Å²) in [5, 5.41) is 4.17. The smallest absolute Gasteiger partial charge is 0.230 e. The highest BCUT2D eigenvalue weighted by Crippen LogP contribution is 2.32. The first kappa shape index (κ1) is 18.8. The summed E-state index contributed by atoms with van der Waals surface area (Å²) in [7, 11) is 0. The average molecular weight is 358 g/mol. The Morgan fingerprint density at radius 1 is 1.11 bits per heavy atom. The van der Waals surface area contributed by atoms with Crippen molar-refractivity contribution in [3.05, 3.63) is 85.1 Å². The van der Waals surface area contributed by atoms with Gasteiger partial charge in [0.1, 0.15) is 0 Å². The molecule has 1 unspecified atom stereocenters. The molecule has 3 heteroatoms. The van der Waals surface area contributed by atoms with Crippen molar-refractivity contribution in [1.29, 1.82) is 0 Å². The van der Waals surface area contributed by atoms with Crippen molar-refractivity contribution in [3.63, 3.8) is 0 Å². The zero-order valence-corrected chi connectivity index (χ0v) is 15.8. The Kier molecular flexibility index (Phi) is 6.02. The molecular formula is C24H26N2O. The number of anilines is 1. The first-order chi connectivity index (χ1) is 13.1. The van der Waals surface area contributed by atoms with Gasteiger partial charge < -0.3 is 5.32 Å². The van der Waals surface area contributed by atoms with Crippen LogP contribution in [-0.4, -0.2) is 10.9 Å². The highest BCUT2D eigenvalue weighted by atomic mass is 16.2. The number of carbonyl (C=O) groups excluding carboxylic acids is 1. The molecule has 0 saturated carbocycles. The van der Waals surface area contributed by atoms with Crippen molar-refractivity contribution in [2.75, 3.05) is 5.32 Å². The number of fused-ring (bicyclic) bond motifs is 1. The monoisotopic (exact) mass is 358 g/mol. The van der Waals surface area contributed by atoms with E-state index >= 15 is 0 Å². The van der Waals surface area contributed by atoms with Crippen molar-refractivity contribution in [2.45, 2.75) is 32.6 Å². The van der Waals surface area contributed by atoms with Crippen LogP contribution in [0.15, 0.2) is 79.5 Å². The Balaban J connectivity index is 1.86. The summed E-state index contributed by atoms with van der Waals surface area (Å²) in [6.45, 7) is 5.85. The number of nitrogens with zero attached hydrogens (tertiary/aromatic N) is 1. The van der Waals surface area contributed by atoms with E-state index in [2.05, 4.69) is 35.9 Å². The normalized spacial score (nSPS) is 13.1. The molecule has 0 aliphatic heterocycles. The van der Waals surface area contributed by atoms with Crippen LogP contribution in [0.4, 0.5) is 5.69 Å². The van der Waals surface area contributed by atoms with Gasteiger partial charge in [0.05, 0.1) is 16.6 Å². The van der Waals surface area contributed by atoms with Crippen LogP contribution in [0.3, 0.4) is 0 Å². The highest BCUT2D eigenvalue weighted by Gasteiger charge is 2.33. The van der Waals surface area contributed by atoms with Crippen LogP contribution in [0.5, 0.6) is 0 Å². The molecule has 0 radical (unpaired) electrons. The number of para-hydroxylation sites is 1. The number of rotatable bonds is 8. The van der Waals surface area contributed by atoms with Gasteiger partial charge in [-0.1, -0.05) is 61.5 Å². The minimum Gasteiger partial charge on any atom is -0.324 e. The van der Waals surface area contributed by atoms with E-state index in [0.717, 1.165) is 35.9 Å². The summed E-state index contributed by atoms with van der Waals surface area (Å²) >= 11 is 0. The van der Waals surface area contributed by atoms with Crippen LogP contribution < -0.4 is 5.32 Å². The van der Waals surface area contributed by atoms with E-state index in [1.165, 1.54) is 5.56 Å². The lowest BCUT2D eigenvalue weighted by molar-refractivity contribution is -0.125. The molecule has 27 heavy (non-hydrogen) atoms.